The summed E-state index contributed by atoms with van der Waals surface area (Å²) in [7, 11) is 5.02. The summed E-state index contributed by atoms with van der Waals surface area (Å²) in [5, 5.41) is 26.5. The van der Waals surface area contributed by atoms with Gasteiger partial charge in [0.15, 0.2) is 0 Å². The molecular weight excluding hydrogens is 518 g/mol. The van der Waals surface area contributed by atoms with E-state index in [9.17, 15) is 15.5 Å². The van der Waals surface area contributed by atoms with Crippen molar-refractivity contribution in [3.8, 4) is 23.1 Å². The van der Waals surface area contributed by atoms with Crippen LogP contribution in [0.1, 0.15) is 45.2 Å². The monoisotopic (exact) mass is 561 g/mol. The number of rotatable bonds is 8. The maximum Gasteiger partial charge on any atom is 0.316 e. The van der Waals surface area contributed by atoms with Crippen LogP contribution in [-0.2, 0) is 11.2 Å². The van der Waals surface area contributed by atoms with Crippen LogP contribution in [-0.4, -0.2) is 81.3 Å². The fraction of sp³-hybridized carbons (Fsp3) is 0.548. The molecule has 3 N–H and O–H groups in total. The molecule has 2 aromatic rings. The maximum absolute atomic E-state index is 12.7. The Morgan fingerprint density at radius 2 is 2.15 bits per heavy atom. The van der Waals surface area contributed by atoms with Crippen molar-refractivity contribution in [1.29, 1.82) is 10.7 Å². The van der Waals surface area contributed by atoms with Crippen LogP contribution < -0.4 is 20.3 Å². The normalized spacial score (nSPS) is 23.7. The first-order chi connectivity index (χ1) is 19.9. The molecule has 1 saturated carbocycles. The second kappa shape index (κ2) is 12.0. The van der Waals surface area contributed by atoms with Gasteiger partial charge in [-0.2, -0.15) is 5.26 Å². The predicted molar refractivity (Wildman–Crippen MR) is 161 cm³/mol. The molecule has 220 valence electrons. The summed E-state index contributed by atoms with van der Waals surface area (Å²) in [5.41, 5.74) is 3.76. The third-order valence-corrected chi connectivity index (χ3v) is 9.07. The van der Waals surface area contributed by atoms with Gasteiger partial charge in [-0.15, -0.1) is 0 Å². The molecule has 1 saturated heterocycles. The van der Waals surface area contributed by atoms with Crippen molar-refractivity contribution in [3.63, 3.8) is 0 Å². The summed E-state index contributed by atoms with van der Waals surface area (Å²) in [6.45, 7) is 4.80. The van der Waals surface area contributed by atoms with Crippen LogP contribution in [0.25, 0.3) is 11.1 Å². The topological polar surface area (TPSA) is 127 Å². The molecule has 10 heteroatoms. The van der Waals surface area contributed by atoms with Gasteiger partial charge in [-0.3, -0.25) is 5.41 Å². The molecule has 0 radical (unpaired) electrons. The van der Waals surface area contributed by atoms with Gasteiger partial charge in [0.05, 0.1) is 24.2 Å². The van der Waals surface area contributed by atoms with Crippen molar-refractivity contribution < 1.29 is 15.7 Å². The number of hydrogen-bond acceptors (Lipinski definition) is 7. The molecule has 2 aliphatic heterocycles. The number of aryl methyl sites for hydroxylation is 1. The lowest BCUT2D eigenvalue weighted by atomic mass is 9.90. The fourth-order valence-electron chi connectivity index (χ4n) is 6.91. The van der Waals surface area contributed by atoms with E-state index in [1.54, 1.807) is 32.3 Å². The number of nitrogens with zero attached hydrogens (tertiary/aromatic N) is 4. The Kier molecular flexibility index (Phi) is 8.47. The number of nitrogens with one attached hydrogen (secondary N) is 3. The standard InChI is InChI=1S/C31H41N7O3.H2/c1-5-25-28(36-23-9-13-41-14-10-23)31(25,19-37(3)30(39)34-2)29(33)38-12-6-7-21-15-24(22(18-32)16-26(21)38)20-8-11-35-27(17-20)40-4;/h8,11,15-17,23,25,28,33,36H,5-7,9-10,12-14,19H2,1-4H3,(H,34,39);1H. The molecule has 0 bridgehead atoms. The number of fused-ring (bicyclic) bond motifs is 1. The summed E-state index contributed by atoms with van der Waals surface area (Å²) < 4.78 is 10.9. The van der Waals surface area contributed by atoms with Gasteiger partial charge >= 0.3 is 6.03 Å². The molecule has 2 fully saturated rings. The SMILES string of the molecule is CCC1C(NC2CCOCC2)C1(CN(C)C(=O)NC)C(=N)N1CCCc2cc(-c3ccnc(OC)c3)c(C#N)cc21.[HH]. The van der Waals surface area contributed by atoms with Gasteiger partial charge in [0.2, 0.25) is 5.88 Å². The molecule has 41 heavy (non-hydrogen) atoms. The molecule has 1 aromatic carbocycles. The number of pyridine rings is 1. The highest BCUT2D eigenvalue weighted by atomic mass is 16.5. The van der Waals surface area contributed by atoms with Gasteiger partial charge in [-0.25, -0.2) is 9.78 Å². The fourth-order valence-corrected chi connectivity index (χ4v) is 6.91. The first-order valence-corrected chi connectivity index (χ1v) is 14.6. The van der Waals surface area contributed by atoms with Crippen molar-refractivity contribution in [2.75, 3.05) is 52.4 Å². The number of hydrogen-bond donors (Lipinski definition) is 3. The quantitative estimate of drug-likeness (QED) is 0.328. The number of amidine groups is 1. The van der Waals surface area contributed by atoms with Gasteiger partial charge < -0.3 is 29.9 Å². The molecular formula is C31H43N7O3. The van der Waals surface area contributed by atoms with E-state index in [0.717, 1.165) is 67.7 Å². The lowest BCUT2D eigenvalue weighted by Gasteiger charge is -2.38. The minimum absolute atomic E-state index is 0. The van der Waals surface area contributed by atoms with E-state index in [1.165, 1.54) is 0 Å². The van der Waals surface area contributed by atoms with Crippen molar-refractivity contribution in [2.45, 2.75) is 51.1 Å². The average molecular weight is 562 g/mol. The van der Waals surface area contributed by atoms with Crippen LogP contribution in [0.2, 0.25) is 0 Å². The summed E-state index contributed by atoms with van der Waals surface area (Å²) in [6, 6.07) is 10.4. The molecule has 3 atom stereocenters. The van der Waals surface area contributed by atoms with Crippen LogP contribution in [0.4, 0.5) is 10.5 Å². The van der Waals surface area contributed by atoms with Gasteiger partial charge in [-0.05, 0) is 60.9 Å². The Balaban J connectivity index is 0.00000405. The number of carbonyl (C=O) groups is 1. The van der Waals surface area contributed by atoms with E-state index in [1.807, 2.05) is 18.2 Å². The van der Waals surface area contributed by atoms with Gasteiger partial charge in [0.1, 0.15) is 5.84 Å². The summed E-state index contributed by atoms with van der Waals surface area (Å²) in [5.74, 6) is 1.24. The third-order valence-electron chi connectivity index (χ3n) is 9.07. The summed E-state index contributed by atoms with van der Waals surface area (Å²) >= 11 is 0. The average Bonchev–Trinajstić information content (AvgIpc) is 3.64. The second-order valence-electron chi connectivity index (χ2n) is 11.3. The van der Waals surface area contributed by atoms with Gasteiger partial charge in [-0.1, -0.05) is 13.3 Å². The molecule has 2 amide bonds. The lowest BCUT2D eigenvalue weighted by Crippen LogP contribution is -2.50. The number of anilines is 1. The molecule has 1 aliphatic carbocycles. The van der Waals surface area contributed by atoms with E-state index >= 15 is 0 Å². The number of ether oxygens (including phenoxy) is 2. The number of benzene rings is 1. The van der Waals surface area contributed by atoms with Crippen molar-refractivity contribution in [2.24, 2.45) is 11.3 Å². The number of aromatic nitrogens is 1. The zero-order chi connectivity index (χ0) is 29.1. The maximum atomic E-state index is 12.7. The zero-order valence-corrected chi connectivity index (χ0v) is 24.5. The smallest absolute Gasteiger partial charge is 0.316 e. The van der Waals surface area contributed by atoms with E-state index < -0.39 is 5.41 Å². The molecule has 3 heterocycles. The van der Waals surface area contributed by atoms with Crippen LogP contribution in [0.3, 0.4) is 0 Å². The Morgan fingerprint density at radius 3 is 2.83 bits per heavy atom. The number of amides is 2. The number of urea groups is 1. The molecule has 1 aromatic heterocycles. The first-order valence-electron chi connectivity index (χ1n) is 14.6. The summed E-state index contributed by atoms with van der Waals surface area (Å²) in [4.78, 5) is 20.7. The summed E-state index contributed by atoms with van der Waals surface area (Å²) in [6.07, 6.45) is 6.25. The molecule has 10 nitrogen and oxygen atoms in total. The highest BCUT2D eigenvalue weighted by molar-refractivity contribution is 6.04. The van der Waals surface area contributed by atoms with Gasteiger partial charge in [0.25, 0.3) is 0 Å². The predicted octanol–water partition coefficient (Wildman–Crippen LogP) is 4.04. The largest absolute Gasteiger partial charge is 0.481 e. The Morgan fingerprint density at radius 1 is 1.37 bits per heavy atom. The lowest BCUT2D eigenvalue weighted by molar-refractivity contribution is 0.0765. The van der Waals surface area contributed by atoms with Crippen LogP contribution >= 0.6 is 0 Å². The number of carbonyl (C=O) groups excluding carboxylic acids is 1. The number of nitriles is 1. The van der Waals surface area contributed by atoms with Crippen LogP contribution in [0, 0.1) is 28.1 Å². The van der Waals surface area contributed by atoms with E-state index in [-0.39, 0.29) is 19.4 Å². The third kappa shape index (κ3) is 5.36. The highest BCUT2D eigenvalue weighted by Crippen LogP contribution is 2.57. The Bertz CT molecular complexity index is 1340. The van der Waals surface area contributed by atoms with Crippen molar-refractivity contribution in [3.05, 3.63) is 41.6 Å². The molecule has 0 spiro atoms. The molecule has 3 aliphatic rings. The zero-order valence-electron chi connectivity index (χ0n) is 24.5. The minimum atomic E-state index is -0.535. The number of methoxy groups -OCH3 is 1. The van der Waals surface area contributed by atoms with Crippen LogP contribution in [0.15, 0.2) is 30.5 Å². The first kappa shape index (κ1) is 28.8. The minimum Gasteiger partial charge on any atom is -0.481 e. The second-order valence-corrected chi connectivity index (χ2v) is 11.3. The van der Waals surface area contributed by atoms with Crippen LogP contribution in [0.5, 0.6) is 5.88 Å². The van der Waals surface area contributed by atoms with Crippen molar-refractivity contribution >= 4 is 17.6 Å². The molecule has 3 unspecified atom stereocenters. The van der Waals surface area contributed by atoms with Crippen molar-refractivity contribution in [1.82, 2.24) is 20.5 Å². The highest BCUT2D eigenvalue weighted by Gasteiger charge is 2.68. The Hall–Kier alpha value is -3.68. The molecule has 5 rings (SSSR count). The van der Waals surface area contributed by atoms with Gasteiger partial charge in [0, 0.05) is 77.4 Å². The Labute approximate surface area is 244 Å². The van der Waals surface area contributed by atoms with E-state index in [2.05, 4.69) is 39.6 Å². The van der Waals surface area contributed by atoms with E-state index in [4.69, 9.17) is 9.47 Å². The van der Waals surface area contributed by atoms with E-state index in [0.29, 0.717) is 36.4 Å².